The molecule has 0 amide bonds. The maximum absolute atomic E-state index is 6.20. The molecular formula is C14H11ClN2O. The van der Waals surface area contributed by atoms with Crippen LogP contribution < -0.4 is 5.73 Å². The third-order valence-corrected chi connectivity index (χ3v) is 3.10. The van der Waals surface area contributed by atoms with Crippen LogP contribution in [0.1, 0.15) is 17.4 Å². The zero-order chi connectivity index (χ0) is 12.5. The van der Waals surface area contributed by atoms with Crippen LogP contribution in [0.4, 0.5) is 0 Å². The van der Waals surface area contributed by atoms with Gasteiger partial charge in [-0.25, -0.2) is 0 Å². The van der Waals surface area contributed by atoms with E-state index in [1.54, 1.807) is 18.3 Å². The second-order valence-corrected chi connectivity index (χ2v) is 4.41. The van der Waals surface area contributed by atoms with Crippen molar-refractivity contribution in [3.8, 4) is 0 Å². The zero-order valence-corrected chi connectivity index (χ0v) is 10.3. The number of nitrogens with two attached hydrogens (primary N) is 1. The van der Waals surface area contributed by atoms with Crippen LogP contribution in [-0.4, -0.2) is 4.98 Å². The summed E-state index contributed by atoms with van der Waals surface area (Å²) >= 11 is 5.77. The largest absolute Gasteiger partial charge is 0.448 e. The molecule has 0 fully saturated rings. The second kappa shape index (κ2) is 4.44. The van der Waals surface area contributed by atoms with Crippen LogP contribution in [0.15, 0.2) is 53.1 Å². The summed E-state index contributed by atoms with van der Waals surface area (Å²) in [5.41, 5.74) is 8.02. The van der Waals surface area contributed by atoms with Crippen molar-refractivity contribution in [1.29, 1.82) is 0 Å². The maximum Gasteiger partial charge on any atom is 0.193 e. The van der Waals surface area contributed by atoms with Crippen LogP contribution in [0, 0.1) is 0 Å². The first kappa shape index (κ1) is 11.3. The highest BCUT2D eigenvalue weighted by molar-refractivity contribution is 6.28. The van der Waals surface area contributed by atoms with Crippen LogP contribution in [0.5, 0.6) is 0 Å². The molecule has 0 aliphatic carbocycles. The summed E-state index contributed by atoms with van der Waals surface area (Å²) in [7, 11) is 0. The molecule has 1 atom stereocenters. The zero-order valence-electron chi connectivity index (χ0n) is 9.51. The van der Waals surface area contributed by atoms with E-state index in [0.29, 0.717) is 11.0 Å². The summed E-state index contributed by atoms with van der Waals surface area (Å²) in [5.74, 6) is 0.637. The lowest BCUT2D eigenvalue weighted by atomic mass is 10.0. The van der Waals surface area contributed by atoms with Gasteiger partial charge in [-0.05, 0) is 29.8 Å². The molecule has 3 nitrogen and oxygen atoms in total. The number of para-hydroxylation sites is 1. The summed E-state index contributed by atoms with van der Waals surface area (Å²) < 4.78 is 5.36. The first-order valence-corrected chi connectivity index (χ1v) is 5.98. The molecule has 3 rings (SSSR count). The molecule has 2 aromatic heterocycles. The Bertz CT molecular complexity index is 688. The Hall–Kier alpha value is -1.84. The fourth-order valence-corrected chi connectivity index (χ4v) is 2.18. The molecule has 0 bridgehead atoms. The summed E-state index contributed by atoms with van der Waals surface area (Å²) in [6.07, 6.45) is 1.76. The fourth-order valence-electron chi connectivity index (χ4n) is 2.03. The van der Waals surface area contributed by atoms with Crippen molar-refractivity contribution in [3.05, 3.63) is 65.2 Å². The van der Waals surface area contributed by atoms with Gasteiger partial charge in [-0.3, -0.25) is 4.98 Å². The van der Waals surface area contributed by atoms with Gasteiger partial charge >= 0.3 is 0 Å². The lowest BCUT2D eigenvalue weighted by Gasteiger charge is -2.11. The highest BCUT2D eigenvalue weighted by atomic mass is 35.5. The van der Waals surface area contributed by atoms with E-state index >= 15 is 0 Å². The highest BCUT2D eigenvalue weighted by Crippen LogP contribution is 2.28. The number of aromatic nitrogens is 1. The Balaban J connectivity index is 2.14. The average molecular weight is 259 g/mol. The van der Waals surface area contributed by atoms with Gasteiger partial charge in [0.15, 0.2) is 5.22 Å². The van der Waals surface area contributed by atoms with E-state index in [0.717, 1.165) is 16.5 Å². The van der Waals surface area contributed by atoms with Gasteiger partial charge in [0, 0.05) is 17.1 Å². The van der Waals surface area contributed by atoms with Crippen molar-refractivity contribution in [3.63, 3.8) is 0 Å². The Morgan fingerprint density at radius 3 is 2.72 bits per heavy atom. The van der Waals surface area contributed by atoms with Crippen LogP contribution in [0.2, 0.25) is 5.22 Å². The number of rotatable bonds is 2. The number of hydrogen-bond donors (Lipinski definition) is 1. The lowest BCUT2D eigenvalue weighted by molar-refractivity contribution is 0.492. The van der Waals surface area contributed by atoms with E-state index in [1.807, 2.05) is 30.3 Å². The minimum absolute atomic E-state index is 0.341. The standard InChI is InChI=1S/C14H11ClN2O/c15-12-7-6-11(18-12)13(16)10-5-1-3-9-4-2-8-17-14(9)10/h1-8,13H,16H2. The summed E-state index contributed by atoms with van der Waals surface area (Å²) in [6.45, 7) is 0. The summed E-state index contributed by atoms with van der Waals surface area (Å²) in [4.78, 5) is 4.38. The molecule has 90 valence electrons. The van der Waals surface area contributed by atoms with Crippen LogP contribution in [0.25, 0.3) is 10.9 Å². The smallest absolute Gasteiger partial charge is 0.193 e. The van der Waals surface area contributed by atoms with Gasteiger partial charge in [-0.1, -0.05) is 24.3 Å². The molecule has 1 unspecified atom stereocenters. The van der Waals surface area contributed by atoms with Gasteiger partial charge in [-0.2, -0.15) is 0 Å². The van der Waals surface area contributed by atoms with E-state index in [1.165, 1.54) is 0 Å². The molecule has 0 radical (unpaired) electrons. The van der Waals surface area contributed by atoms with Gasteiger partial charge in [-0.15, -0.1) is 0 Å². The monoisotopic (exact) mass is 258 g/mol. The lowest BCUT2D eigenvalue weighted by Crippen LogP contribution is -2.11. The molecule has 0 saturated carbocycles. The Labute approximate surface area is 109 Å². The van der Waals surface area contributed by atoms with Gasteiger partial charge < -0.3 is 10.2 Å². The second-order valence-electron chi connectivity index (χ2n) is 4.04. The molecular weight excluding hydrogens is 248 g/mol. The summed E-state index contributed by atoms with van der Waals surface area (Å²) in [6, 6.07) is 12.9. The van der Waals surface area contributed by atoms with Gasteiger partial charge in [0.2, 0.25) is 0 Å². The molecule has 0 aliphatic heterocycles. The first-order valence-electron chi connectivity index (χ1n) is 5.60. The fraction of sp³-hybridized carbons (Fsp3) is 0.0714. The van der Waals surface area contributed by atoms with Crippen LogP contribution in [0.3, 0.4) is 0 Å². The van der Waals surface area contributed by atoms with Crippen molar-refractivity contribution in [2.45, 2.75) is 6.04 Å². The molecule has 0 saturated heterocycles. The van der Waals surface area contributed by atoms with Gasteiger partial charge in [0.1, 0.15) is 5.76 Å². The molecule has 18 heavy (non-hydrogen) atoms. The molecule has 0 aliphatic rings. The first-order chi connectivity index (χ1) is 8.75. The van der Waals surface area contributed by atoms with Crippen molar-refractivity contribution >= 4 is 22.5 Å². The van der Waals surface area contributed by atoms with E-state index < -0.39 is 0 Å². The van der Waals surface area contributed by atoms with E-state index in [9.17, 15) is 0 Å². The number of nitrogens with zero attached hydrogens (tertiary/aromatic N) is 1. The normalized spacial score (nSPS) is 12.8. The number of halogens is 1. The Kier molecular flexibility index (Phi) is 2.78. The predicted octanol–water partition coefficient (Wildman–Crippen LogP) is 3.53. The number of fused-ring (bicyclic) bond motifs is 1. The molecule has 4 heteroatoms. The van der Waals surface area contributed by atoms with Crippen molar-refractivity contribution in [2.24, 2.45) is 5.73 Å². The quantitative estimate of drug-likeness (QED) is 0.765. The van der Waals surface area contributed by atoms with E-state index in [4.69, 9.17) is 21.8 Å². The van der Waals surface area contributed by atoms with Crippen molar-refractivity contribution in [1.82, 2.24) is 4.98 Å². The van der Waals surface area contributed by atoms with Crippen molar-refractivity contribution in [2.75, 3.05) is 0 Å². The Morgan fingerprint density at radius 1 is 1.11 bits per heavy atom. The van der Waals surface area contributed by atoms with Gasteiger partial charge in [0.05, 0.1) is 11.6 Å². The van der Waals surface area contributed by atoms with Crippen LogP contribution >= 0.6 is 11.6 Å². The number of pyridine rings is 1. The third kappa shape index (κ3) is 1.88. The van der Waals surface area contributed by atoms with E-state index in [2.05, 4.69) is 4.98 Å². The third-order valence-electron chi connectivity index (χ3n) is 2.90. The Morgan fingerprint density at radius 2 is 1.94 bits per heavy atom. The minimum atomic E-state index is -0.365. The SMILES string of the molecule is NC(c1ccc(Cl)o1)c1cccc2cccnc12. The summed E-state index contributed by atoms with van der Waals surface area (Å²) in [5, 5.41) is 1.40. The molecule has 1 aromatic carbocycles. The predicted molar refractivity (Wildman–Crippen MR) is 71.5 cm³/mol. The molecule has 0 spiro atoms. The average Bonchev–Trinajstić information content (AvgIpc) is 2.84. The minimum Gasteiger partial charge on any atom is -0.448 e. The number of benzene rings is 1. The highest BCUT2D eigenvalue weighted by Gasteiger charge is 2.16. The number of furan rings is 1. The van der Waals surface area contributed by atoms with Crippen molar-refractivity contribution < 1.29 is 4.42 Å². The molecule has 3 aromatic rings. The van der Waals surface area contributed by atoms with E-state index in [-0.39, 0.29) is 6.04 Å². The maximum atomic E-state index is 6.20. The molecule has 2 heterocycles. The topological polar surface area (TPSA) is 52.0 Å². The number of hydrogen-bond acceptors (Lipinski definition) is 3. The van der Waals surface area contributed by atoms with Crippen LogP contribution in [-0.2, 0) is 0 Å². The van der Waals surface area contributed by atoms with Gasteiger partial charge in [0.25, 0.3) is 0 Å². The molecule has 2 N–H and O–H groups in total.